The van der Waals surface area contributed by atoms with Crippen LogP contribution < -0.4 is 0 Å². The first-order chi connectivity index (χ1) is 8.16. The maximum Gasteiger partial charge on any atom is 0.0951 e. The zero-order chi connectivity index (χ0) is 12.3. The number of nitrogens with zero attached hydrogens (tertiary/aromatic N) is 1. The first-order valence-electron chi connectivity index (χ1n) is 6.24. The molecule has 1 heterocycles. The van der Waals surface area contributed by atoms with Crippen LogP contribution in [0.1, 0.15) is 18.4 Å². The van der Waals surface area contributed by atoms with Crippen LogP contribution in [-0.2, 0) is 5.60 Å². The standard InChI is InChI=1S/C15H21NO/c1-3-7-14-12-16(2)11-10-15(14,17)13-8-5-4-6-9-13/h3-6,8-9,14,17H,1,7,10-12H2,2H3/t14-,15+/m0/s1. The zero-order valence-electron chi connectivity index (χ0n) is 10.5. The Bertz CT molecular complexity index is 376. The number of hydrogen-bond acceptors (Lipinski definition) is 2. The molecule has 2 atom stereocenters. The Morgan fingerprint density at radius 1 is 1.47 bits per heavy atom. The molecule has 0 aromatic heterocycles. The van der Waals surface area contributed by atoms with Crippen LogP contribution in [0.25, 0.3) is 0 Å². The smallest absolute Gasteiger partial charge is 0.0951 e. The maximum atomic E-state index is 11.0. The van der Waals surface area contributed by atoms with Crippen LogP contribution in [0.4, 0.5) is 0 Å². The molecule has 1 aliphatic heterocycles. The summed E-state index contributed by atoms with van der Waals surface area (Å²) < 4.78 is 0. The van der Waals surface area contributed by atoms with E-state index in [1.165, 1.54) is 0 Å². The highest BCUT2D eigenvalue weighted by atomic mass is 16.3. The van der Waals surface area contributed by atoms with E-state index >= 15 is 0 Å². The van der Waals surface area contributed by atoms with Crippen molar-refractivity contribution in [2.75, 3.05) is 20.1 Å². The van der Waals surface area contributed by atoms with Crippen LogP contribution >= 0.6 is 0 Å². The predicted octanol–water partition coefficient (Wildman–Crippen LogP) is 2.40. The van der Waals surface area contributed by atoms with Crippen molar-refractivity contribution in [2.45, 2.75) is 18.4 Å². The SMILES string of the molecule is C=CC[C@H]1CN(C)CC[C@@]1(O)c1ccccc1. The van der Waals surface area contributed by atoms with Gasteiger partial charge in [-0.1, -0.05) is 36.4 Å². The highest BCUT2D eigenvalue weighted by Gasteiger charge is 2.40. The molecule has 1 aromatic carbocycles. The third-order valence-corrected chi connectivity index (χ3v) is 3.81. The van der Waals surface area contributed by atoms with Gasteiger partial charge in [-0.3, -0.25) is 0 Å². The van der Waals surface area contributed by atoms with E-state index in [9.17, 15) is 5.11 Å². The van der Waals surface area contributed by atoms with Gasteiger partial charge in [0.2, 0.25) is 0 Å². The first kappa shape index (κ1) is 12.3. The molecule has 1 aromatic rings. The Hall–Kier alpha value is -1.12. The maximum absolute atomic E-state index is 11.0. The van der Waals surface area contributed by atoms with Crippen molar-refractivity contribution in [3.8, 4) is 0 Å². The molecule has 2 heteroatoms. The zero-order valence-corrected chi connectivity index (χ0v) is 10.5. The lowest BCUT2D eigenvalue weighted by Gasteiger charge is -2.43. The van der Waals surface area contributed by atoms with E-state index in [2.05, 4.69) is 18.5 Å². The van der Waals surface area contributed by atoms with Crippen molar-refractivity contribution in [3.05, 3.63) is 48.6 Å². The van der Waals surface area contributed by atoms with Crippen molar-refractivity contribution in [1.29, 1.82) is 0 Å². The Morgan fingerprint density at radius 3 is 2.82 bits per heavy atom. The van der Waals surface area contributed by atoms with Gasteiger partial charge in [0.05, 0.1) is 5.60 Å². The van der Waals surface area contributed by atoms with Crippen molar-refractivity contribution < 1.29 is 5.11 Å². The topological polar surface area (TPSA) is 23.5 Å². The summed E-state index contributed by atoms with van der Waals surface area (Å²) in [5.74, 6) is 0.237. The summed E-state index contributed by atoms with van der Waals surface area (Å²) in [6, 6.07) is 10.0. The normalized spacial score (nSPS) is 30.1. The number of allylic oxidation sites excluding steroid dienone is 1. The van der Waals surface area contributed by atoms with Gasteiger partial charge in [0.1, 0.15) is 0 Å². The minimum absolute atomic E-state index is 0.237. The van der Waals surface area contributed by atoms with Crippen LogP contribution in [-0.4, -0.2) is 30.1 Å². The van der Waals surface area contributed by atoms with Gasteiger partial charge in [0.25, 0.3) is 0 Å². The van der Waals surface area contributed by atoms with Crippen LogP contribution in [0.2, 0.25) is 0 Å². The summed E-state index contributed by atoms with van der Waals surface area (Å²) in [4.78, 5) is 2.28. The molecule has 92 valence electrons. The molecule has 17 heavy (non-hydrogen) atoms. The average Bonchev–Trinajstić information content (AvgIpc) is 2.35. The quantitative estimate of drug-likeness (QED) is 0.807. The fourth-order valence-corrected chi connectivity index (χ4v) is 2.76. The summed E-state index contributed by atoms with van der Waals surface area (Å²) in [6.07, 6.45) is 3.57. The molecule has 0 saturated carbocycles. The molecule has 0 amide bonds. The number of likely N-dealkylation sites (tertiary alicyclic amines) is 1. The molecular weight excluding hydrogens is 210 g/mol. The number of piperidine rings is 1. The molecule has 1 N–H and O–H groups in total. The lowest BCUT2D eigenvalue weighted by atomic mass is 9.74. The van der Waals surface area contributed by atoms with Crippen LogP contribution in [0.5, 0.6) is 0 Å². The average molecular weight is 231 g/mol. The van der Waals surface area contributed by atoms with Gasteiger partial charge in [-0.05, 0) is 25.5 Å². The molecule has 2 rings (SSSR count). The van der Waals surface area contributed by atoms with E-state index in [1.54, 1.807) is 0 Å². The van der Waals surface area contributed by atoms with Gasteiger partial charge in [-0.2, -0.15) is 0 Å². The number of rotatable bonds is 3. The molecule has 0 aliphatic carbocycles. The number of benzene rings is 1. The Balaban J connectivity index is 2.29. The van der Waals surface area contributed by atoms with Gasteiger partial charge in [-0.25, -0.2) is 0 Å². The lowest BCUT2D eigenvalue weighted by Crippen LogP contribution is -2.48. The minimum atomic E-state index is -0.692. The van der Waals surface area contributed by atoms with Gasteiger partial charge in [-0.15, -0.1) is 6.58 Å². The highest BCUT2D eigenvalue weighted by molar-refractivity contribution is 5.24. The second-order valence-electron chi connectivity index (χ2n) is 5.02. The van der Waals surface area contributed by atoms with E-state index in [0.717, 1.165) is 31.5 Å². The monoisotopic (exact) mass is 231 g/mol. The van der Waals surface area contributed by atoms with Crippen LogP contribution in [0, 0.1) is 5.92 Å². The van der Waals surface area contributed by atoms with Gasteiger partial charge in [0, 0.05) is 19.0 Å². The Labute approximate surface area is 104 Å². The molecule has 1 saturated heterocycles. The minimum Gasteiger partial charge on any atom is -0.385 e. The molecule has 0 unspecified atom stereocenters. The Morgan fingerprint density at radius 2 is 2.18 bits per heavy atom. The number of aliphatic hydroxyl groups is 1. The Kier molecular flexibility index (Phi) is 3.65. The van der Waals surface area contributed by atoms with E-state index in [4.69, 9.17) is 0 Å². The van der Waals surface area contributed by atoms with Crippen LogP contribution in [0.3, 0.4) is 0 Å². The van der Waals surface area contributed by atoms with Crippen molar-refractivity contribution in [2.24, 2.45) is 5.92 Å². The summed E-state index contributed by atoms with van der Waals surface area (Å²) in [5, 5.41) is 11.0. The first-order valence-corrected chi connectivity index (χ1v) is 6.24. The van der Waals surface area contributed by atoms with E-state index in [0.29, 0.717) is 0 Å². The summed E-state index contributed by atoms with van der Waals surface area (Å²) >= 11 is 0. The predicted molar refractivity (Wildman–Crippen MR) is 70.8 cm³/mol. The summed E-state index contributed by atoms with van der Waals surface area (Å²) in [6.45, 7) is 5.68. The largest absolute Gasteiger partial charge is 0.385 e. The second-order valence-corrected chi connectivity index (χ2v) is 5.02. The van der Waals surface area contributed by atoms with Crippen molar-refractivity contribution in [3.63, 3.8) is 0 Å². The fourth-order valence-electron chi connectivity index (χ4n) is 2.76. The fraction of sp³-hybridized carbons (Fsp3) is 0.467. The van der Waals surface area contributed by atoms with Gasteiger partial charge >= 0.3 is 0 Å². The lowest BCUT2D eigenvalue weighted by molar-refractivity contribution is -0.0719. The molecular formula is C15H21NO. The van der Waals surface area contributed by atoms with Crippen LogP contribution in [0.15, 0.2) is 43.0 Å². The third kappa shape index (κ3) is 2.43. The molecule has 1 fully saturated rings. The van der Waals surface area contributed by atoms with E-state index in [-0.39, 0.29) is 5.92 Å². The van der Waals surface area contributed by atoms with Crippen molar-refractivity contribution in [1.82, 2.24) is 4.90 Å². The third-order valence-electron chi connectivity index (χ3n) is 3.81. The molecule has 0 radical (unpaired) electrons. The molecule has 0 spiro atoms. The molecule has 0 bridgehead atoms. The summed E-state index contributed by atoms with van der Waals surface area (Å²) in [7, 11) is 2.11. The van der Waals surface area contributed by atoms with Gasteiger partial charge < -0.3 is 10.0 Å². The van der Waals surface area contributed by atoms with E-state index < -0.39 is 5.60 Å². The summed E-state index contributed by atoms with van der Waals surface area (Å²) in [5.41, 5.74) is 0.349. The second kappa shape index (κ2) is 5.03. The highest BCUT2D eigenvalue weighted by Crippen LogP contribution is 2.38. The number of hydrogen-bond donors (Lipinski definition) is 1. The molecule has 1 aliphatic rings. The van der Waals surface area contributed by atoms with Gasteiger partial charge in [0.15, 0.2) is 0 Å². The molecule has 2 nitrogen and oxygen atoms in total. The van der Waals surface area contributed by atoms with E-state index in [1.807, 2.05) is 36.4 Å². The van der Waals surface area contributed by atoms with Crippen molar-refractivity contribution >= 4 is 0 Å².